The molecule has 114 valence electrons. The zero-order valence-electron chi connectivity index (χ0n) is 12.0. The monoisotopic (exact) mass is 300 g/mol. The quantitative estimate of drug-likeness (QED) is 0.707. The van der Waals surface area contributed by atoms with Gasteiger partial charge in [0.15, 0.2) is 5.76 Å². The van der Waals surface area contributed by atoms with Crippen molar-refractivity contribution >= 4 is 0 Å². The van der Waals surface area contributed by atoms with E-state index in [2.05, 4.69) is 25.2 Å². The van der Waals surface area contributed by atoms with Gasteiger partial charge >= 0.3 is 0 Å². The van der Waals surface area contributed by atoms with Crippen LogP contribution in [0.5, 0.6) is 0 Å². The van der Waals surface area contributed by atoms with Crippen molar-refractivity contribution in [3.05, 3.63) is 36.9 Å². The number of nitrogens with zero attached hydrogens (tertiary/aromatic N) is 6. The SMILES string of the molecule is c1coc(-c2nnc(CN3CCC[C@H]3Cn3cncn3)o2)c1. The maximum Gasteiger partial charge on any atom is 0.283 e. The highest BCUT2D eigenvalue weighted by Crippen LogP contribution is 2.23. The lowest BCUT2D eigenvalue weighted by molar-refractivity contribution is 0.200. The average Bonchev–Trinajstić information content (AvgIpc) is 3.28. The third kappa shape index (κ3) is 2.64. The number of aromatic nitrogens is 5. The molecule has 0 spiro atoms. The fourth-order valence-corrected chi connectivity index (χ4v) is 2.84. The molecule has 22 heavy (non-hydrogen) atoms. The molecular formula is C14H16N6O2. The molecule has 0 bridgehead atoms. The minimum absolute atomic E-state index is 0.417. The van der Waals surface area contributed by atoms with Crippen molar-refractivity contribution < 1.29 is 8.83 Å². The van der Waals surface area contributed by atoms with E-state index in [1.54, 1.807) is 31.1 Å². The fourth-order valence-electron chi connectivity index (χ4n) is 2.84. The van der Waals surface area contributed by atoms with Gasteiger partial charge in [0.2, 0.25) is 5.89 Å². The molecule has 1 aliphatic rings. The van der Waals surface area contributed by atoms with Crippen LogP contribution in [0.3, 0.4) is 0 Å². The van der Waals surface area contributed by atoms with Gasteiger partial charge in [0.25, 0.3) is 5.89 Å². The standard InChI is InChI=1S/C14H16N6O2/c1-3-11(7-20-10-15-9-16-20)19(5-1)8-13-17-18-14(22-13)12-4-2-6-21-12/h2,4,6,9-11H,1,3,5,7-8H2/t11-/m0/s1. The highest BCUT2D eigenvalue weighted by molar-refractivity contribution is 5.42. The zero-order valence-corrected chi connectivity index (χ0v) is 12.0. The van der Waals surface area contributed by atoms with Crippen molar-refractivity contribution in [1.82, 2.24) is 29.9 Å². The second kappa shape index (κ2) is 5.72. The maximum atomic E-state index is 5.68. The van der Waals surface area contributed by atoms with Gasteiger partial charge in [0, 0.05) is 6.04 Å². The lowest BCUT2D eigenvalue weighted by Gasteiger charge is -2.22. The van der Waals surface area contributed by atoms with E-state index in [4.69, 9.17) is 8.83 Å². The van der Waals surface area contributed by atoms with E-state index in [1.807, 2.05) is 4.68 Å². The fraction of sp³-hybridized carbons (Fsp3) is 0.429. The Morgan fingerprint density at radius 3 is 3.14 bits per heavy atom. The summed E-state index contributed by atoms with van der Waals surface area (Å²) >= 11 is 0. The van der Waals surface area contributed by atoms with Gasteiger partial charge in [0.1, 0.15) is 12.7 Å². The van der Waals surface area contributed by atoms with Gasteiger partial charge < -0.3 is 8.83 Å². The van der Waals surface area contributed by atoms with Gasteiger partial charge in [-0.15, -0.1) is 10.2 Å². The molecule has 8 heteroatoms. The summed E-state index contributed by atoms with van der Waals surface area (Å²) in [5, 5.41) is 12.3. The topological polar surface area (TPSA) is 86.0 Å². The number of furan rings is 1. The van der Waals surface area contributed by atoms with Crippen molar-refractivity contribution in [1.29, 1.82) is 0 Å². The van der Waals surface area contributed by atoms with Crippen LogP contribution < -0.4 is 0 Å². The maximum absolute atomic E-state index is 5.68. The van der Waals surface area contributed by atoms with Crippen LogP contribution in [0.25, 0.3) is 11.7 Å². The Labute approximate surface area is 126 Å². The van der Waals surface area contributed by atoms with Gasteiger partial charge in [-0.25, -0.2) is 4.98 Å². The Kier molecular flexibility index (Phi) is 3.43. The molecule has 1 saturated heterocycles. The number of hydrogen-bond donors (Lipinski definition) is 0. The lowest BCUT2D eigenvalue weighted by atomic mass is 10.2. The zero-order chi connectivity index (χ0) is 14.8. The third-order valence-electron chi connectivity index (χ3n) is 3.90. The van der Waals surface area contributed by atoms with Crippen molar-refractivity contribution in [3.8, 4) is 11.7 Å². The summed E-state index contributed by atoms with van der Waals surface area (Å²) in [6.07, 6.45) is 7.20. The first-order chi connectivity index (χ1) is 10.9. The largest absolute Gasteiger partial charge is 0.459 e. The molecule has 0 aliphatic carbocycles. The second-order valence-corrected chi connectivity index (χ2v) is 5.36. The van der Waals surface area contributed by atoms with E-state index in [9.17, 15) is 0 Å². The molecule has 0 N–H and O–H groups in total. The Bertz CT molecular complexity index is 706. The van der Waals surface area contributed by atoms with Crippen LogP contribution >= 0.6 is 0 Å². The summed E-state index contributed by atoms with van der Waals surface area (Å²) in [5.41, 5.74) is 0. The molecule has 1 fully saturated rings. The van der Waals surface area contributed by atoms with E-state index in [0.717, 1.165) is 19.5 Å². The van der Waals surface area contributed by atoms with Gasteiger partial charge in [-0.2, -0.15) is 5.10 Å². The normalized spacial score (nSPS) is 19.0. The third-order valence-corrected chi connectivity index (χ3v) is 3.90. The summed E-state index contributed by atoms with van der Waals surface area (Å²) in [5.74, 6) is 1.63. The Morgan fingerprint density at radius 2 is 2.32 bits per heavy atom. The van der Waals surface area contributed by atoms with E-state index >= 15 is 0 Å². The number of likely N-dealkylation sites (tertiary alicyclic amines) is 1. The predicted octanol–water partition coefficient (Wildman–Crippen LogP) is 1.59. The first-order valence-corrected chi connectivity index (χ1v) is 7.31. The van der Waals surface area contributed by atoms with Crippen molar-refractivity contribution in [3.63, 3.8) is 0 Å². The van der Waals surface area contributed by atoms with Crippen LogP contribution in [0.4, 0.5) is 0 Å². The van der Waals surface area contributed by atoms with E-state index in [-0.39, 0.29) is 0 Å². The summed E-state index contributed by atoms with van der Waals surface area (Å²) in [7, 11) is 0. The molecule has 0 aromatic carbocycles. The molecule has 0 amide bonds. The second-order valence-electron chi connectivity index (χ2n) is 5.36. The molecule has 3 aromatic rings. The summed E-state index contributed by atoms with van der Waals surface area (Å²) in [4.78, 5) is 6.34. The van der Waals surface area contributed by atoms with Crippen molar-refractivity contribution in [2.45, 2.75) is 32.0 Å². The highest BCUT2D eigenvalue weighted by Gasteiger charge is 2.27. The molecule has 4 heterocycles. The molecule has 4 rings (SSSR count). The molecule has 0 unspecified atom stereocenters. The van der Waals surface area contributed by atoms with E-state index in [0.29, 0.717) is 30.1 Å². The van der Waals surface area contributed by atoms with Crippen LogP contribution in [0, 0.1) is 0 Å². The molecule has 0 saturated carbocycles. The Hall–Kier alpha value is -2.48. The van der Waals surface area contributed by atoms with Crippen LogP contribution in [0.2, 0.25) is 0 Å². The highest BCUT2D eigenvalue weighted by atomic mass is 16.4. The van der Waals surface area contributed by atoms with Gasteiger partial charge in [-0.05, 0) is 31.5 Å². The molecular weight excluding hydrogens is 284 g/mol. The van der Waals surface area contributed by atoms with Crippen LogP contribution in [-0.4, -0.2) is 42.4 Å². The first-order valence-electron chi connectivity index (χ1n) is 7.31. The van der Waals surface area contributed by atoms with Gasteiger partial charge in [-0.1, -0.05) is 0 Å². The lowest BCUT2D eigenvalue weighted by Crippen LogP contribution is -2.32. The Balaban J connectivity index is 1.44. The molecule has 3 aromatic heterocycles. The molecule has 1 aliphatic heterocycles. The molecule has 0 radical (unpaired) electrons. The van der Waals surface area contributed by atoms with Crippen LogP contribution in [-0.2, 0) is 13.1 Å². The minimum Gasteiger partial charge on any atom is -0.459 e. The smallest absolute Gasteiger partial charge is 0.283 e. The number of rotatable bonds is 5. The van der Waals surface area contributed by atoms with Crippen LogP contribution in [0.15, 0.2) is 39.9 Å². The number of hydrogen-bond acceptors (Lipinski definition) is 7. The van der Waals surface area contributed by atoms with E-state index in [1.165, 1.54) is 6.42 Å². The predicted molar refractivity (Wildman–Crippen MR) is 75.5 cm³/mol. The van der Waals surface area contributed by atoms with Gasteiger partial charge in [-0.3, -0.25) is 9.58 Å². The summed E-state index contributed by atoms with van der Waals surface area (Å²) in [6.45, 7) is 2.50. The first kappa shape index (κ1) is 13.2. The van der Waals surface area contributed by atoms with Crippen LogP contribution in [0.1, 0.15) is 18.7 Å². The average molecular weight is 300 g/mol. The molecule has 8 nitrogen and oxygen atoms in total. The summed E-state index contributed by atoms with van der Waals surface area (Å²) in [6, 6.07) is 4.02. The van der Waals surface area contributed by atoms with Crippen molar-refractivity contribution in [2.75, 3.05) is 6.54 Å². The molecule has 1 atom stereocenters. The van der Waals surface area contributed by atoms with Crippen molar-refractivity contribution in [2.24, 2.45) is 0 Å². The van der Waals surface area contributed by atoms with E-state index < -0.39 is 0 Å². The van der Waals surface area contributed by atoms with Gasteiger partial charge in [0.05, 0.1) is 19.4 Å². The summed E-state index contributed by atoms with van der Waals surface area (Å²) < 4.78 is 12.8. The Morgan fingerprint density at radius 1 is 1.32 bits per heavy atom. The minimum atomic E-state index is 0.417.